The summed E-state index contributed by atoms with van der Waals surface area (Å²) in [7, 11) is 0. The van der Waals surface area contributed by atoms with Crippen molar-refractivity contribution in [2.75, 3.05) is 6.61 Å². The highest BCUT2D eigenvalue weighted by molar-refractivity contribution is 5.75. The van der Waals surface area contributed by atoms with Gasteiger partial charge in [-0.05, 0) is 42.7 Å². The molecule has 23 heavy (non-hydrogen) atoms. The Hall–Kier alpha value is -2.33. The third-order valence-electron chi connectivity index (χ3n) is 4.00. The normalized spacial score (nSPS) is 11.0. The van der Waals surface area contributed by atoms with E-state index in [-0.39, 0.29) is 6.61 Å². The SMILES string of the molecule is CCc1ccc(OCCCn2c(CO)nc3ccccc32)cc1. The average molecular weight is 310 g/mol. The zero-order valence-electron chi connectivity index (χ0n) is 13.4. The minimum Gasteiger partial charge on any atom is -0.494 e. The van der Waals surface area contributed by atoms with Gasteiger partial charge in [-0.2, -0.15) is 0 Å². The molecule has 1 N–H and O–H groups in total. The Morgan fingerprint density at radius 3 is 2.61 bits per heavy atom. The predicted molar refractivity (Wildman–Crippen MR) is 91.6 cm³/mol. The van der Waals surface area contributed by atoms with Crippen LogP contribution in [0.4, 0.5) is 0 Å². The Labute approximate surface area is 136 Å². The predicted octanol–water partition coefficient (Wildman–Crippen LogP) is 3.56. The Bertz CT molecular complexity index is 763. The molecule has 1 aromatic heterocycles. The monoisotopic (exact) mass is 310 g/mol. The van der Waals surface area contributed by atoms with Crippen LogP contribution >= 0.6 is 0 Å². The Kier molecular flexibility index (Phi) is 4.93. The molecule has 0 radical (unpaired) electrons. The number of fused-ring (bicyclic) bond motifs is 1. The van der Waals surface area contributed by atoms with E-state index in [0.717, 1.165) is 36.2 Å². The number of hydrogen-bond acceptors (Lipinski definition) is 3. The number of imidazole rings is 1. The summed E-state index contributed by atoms with van der Waals surface area (Å²) in [5.74, 6) is 1.61. The highest BCUT2D eigenvalue weighted by Crippen LogP contribution is 2.17. The van der Waals surface area contributed by atoms with Crippen LogP contribution < -0.4 is 4.74 Å². The van der Waals surface area contributed by atoms with E-state index in [1.54, 1.807) is 0 Å². The lowest BCUT2D eigenvalue weighted by Gasteiger charge is -2.09. The van der Waals surface area contributed by atoms with E-state index >= 15 is 0 Å². The molecule has 0 saturated heterocycles. The Morgan fingerprint density at radius 2 is 1.87 bits per heavy atom. The topological polar surface area (TPSA) is 47.3 Å². The second-order valence-corrected chi connectivity index (χ2v) is 5.53. The van der Waals surface area contributed by atoms with Crippen molar-refractivity contribution in [3.63, 3.8) is 0 Å². The molecule has 0 fully saturated rings. The molecule has 120 valence electrons. The number of para-hydroxylation sites is 2. The van der Waals surface area contributed by atoms with Crippen molar-refractivity contribution in [3.05, 3.63) is 59.9 Å². The molecule has 4 heteroatoms. The molecule has 1 heterocycles. The van der Waals surface area contributed by atoms with Gasteiger partial charge in [0.15, 0.2) is 0 Å². The molecule has 0 atom stereocenters. The van der Waals surface area contributed by atoms with Gasteiger partial charge in [-0.15, -0.1) is 0 Å². The number of aliphatic hydroxyl groups excluding tert-OH is 1. The minimum absolute atomic E-state index is 0.0476. The van der Waals surface area contributed by atoms with E-state index in [1.165, 1.54) is 5.56 Å². The van der Waals surface area contributed by atoms with Gasteiger partial charge in [0.1, 0.15) is 18.2 Å². The largest absolute Gasteiger partial charge is 0.494 e. The lowest BCUT2D eigenvalue weighted by Crippen LogP contribution is -2.08. The highest BCUT2D eigenvalue weighted by atomic mass is 16.5. The summed E-state index contributed by atoms with van der Waals surface area (Å²) in [4.78, 5) is 4.46. The first kappa shape index (κ1) is 15.6. The molecule has 0 spiro atoms. The number of aryl methyl sites for hydroxylation is 2. The molecule has 0 unspecified atom stereocenters. The van der Waals surface area contributed by atoms with Crippen molar-refractivity contribution in [1.82, 2.24) is 9.55 Å². The molecule has 0 bridgehead atoms. The molecule has 3 aromatic rings. The van der Waals surface area contributed by atoms with Crippen molar-refractivity contribution < 1.29 is 9.84 Å². The number of nitrogens with zero attached hydrogens (tertiary/aromatic N) is 2. The zero-order chi connectivity index (χ0) is 16.1. The molecular weight excluding hydrogens is 288 g/mol. The molecule has 0 aliphatic rings. The van der Waals surface area contributed by atoms with Crippen LogP contribution in [-0.4, -0.2) is 21.3 Å². The average Bonchev–Trinajstić information content (AvgIpc) is 2.97. The maximum absolute atomic E-state index is 9.49. The van der Waals surface area contributed by atoms with Crippen LogP contribution in [0.3, 0.4) is 0 Å². The molecule has 0 aliphatic heterocycles. The van der Waals surface area contributed by atoms with E-state index in [0.29, 0.717) is 12.4 Å². The number of rotatable bonds is 7. The van der Waals surface area contributed by atoms with E-state index in [9.17, 15) is 5.11 Å². The molecule has 3 rings (SSSR count). The molecule has 0 aliphatic carbocycles. The van der Waals surface area contributed by atoms with Crippen molar-refractivity contribution in [2.45, 2.75) is 32.9 Å². The summed E-state index contributed by atoms with van der Waals surface area (Å²) in [6, 6.07) is 16.2. The van der Waals surface area contributed by atoms with Gasteiger partial charge in [0, 0.05) is 6.54 Å². The number of ether oxygens (including phenoxy) is 1. The molecule has 0 amide bonds. The van der Waals surface area contributed by atoms with Crippen LogP contribution in [0.1, 0.15) is 24.7 Å². The van der Waals surface area contributed by atoms with Gasteiger partial charge in [0.2, 0.25) is 0 Å². The van der Waals surface area contributed by atoms with Gasteiger partial charge in [0.05, 0.1) is 17.6 Å². The highest BCUT2D eigenvalue weighted by Gasteiger charge is 2.08. The van der Waals surface area contributed by atoms with Crippen LogP contribution in [0.2, 0.25) is 0 Å². The quantitative estimate of drug-likeness (QED) is 0.679. The van der Waals surface area contributed by atoms with Crippen molar-refractivity contribution in [3.8, 4) is 5.75 Å². The summed E-state index contributed by atoms with van der Waals surface area (Å²) in [5.41, 5.74) is 3.30. The first-order valence-corrected chi connectivity index (χ1v) is 8.08. The molecule has 4 nitrogen and oxygen atoms in total. The van der Waals surface area contributed by atoms with Gasteiger partial charge in [0.25, 0.3) is 0 Å². The summed E-state index contributed by atoms with van der Waals surface area (Å²) in [5, 5.41) is 9.49. The summed E-state index contributed by atoms with van der Waals surface area (Å²) in [6.45, 7) is 3.52. The summed E-state index contributed by atoms with van der Waals surface area (Å²) in [6.07, 6.45) is 1.90. The Morgan fingerprint density at radius 1 is 1.09 bits per heavy atom. The number of aromatic nitrogens is 2. The fourth-order valence-electron chi connectivity index (χ4n) is 2.73. The maximum Gasteiger partial charge on any atom is 0.135 e. The van der Waals surface area contributed by atoms with Gasteiger partial charge in [-0.1, -0.05) is 31.2 Å². The molecule has 2 aromatic carbocycles. The van der Waals surface area contributed by atoms with Gasteiger partial charge in [-0.25, -0.2) is 4.98 Å². The summed E-state index contributed by atoms with van der Waals surface area (Å²) >= 11 is 0. The third kappa shape index (κ3) is 3.54. The zero-order valence-corrected chi connectivity index (χ0v) is 13.4. The molecule has 0 saturated carbocycles. The fourth-order valence-corrected chi connectivity index (χ4v) is 2.73. The van der Waals surface area contributed by atoms with E-state index in [2.05, 4.69) is 28.6 Å². The molecular formula is C19H22N2O2. The van der Waals surface area contributed by atoms with Crippen molar-refractivity contribution in [2.24, 2.45) is 0 Å². The number of hydrogen-bond donors (Lipinski definition) is 1. The van der Waals surface area contributed by atoms with Gasteiger partial charge >= 0.3 is 0 Å². The van der Waals surface area contributed by atoms with Crippen molar-refractivity contribution >= 4 is 11.0 Å². The van der Waals surface area contributed by atoms with E-state index < -0.39 is 0 Å². The standard InChI is InChI=1S/C19H22N2O2/c1-2-15-8-10-16(11-9-15)23-13-5-12-21-18-7-4-3-6-17(18)20-19(21)14-22/h3-4,6-11,22H,2,5,12-14H2,1H3. The lowest BCUT2D eigenvalue weighted by molar-refractivity contribution is 0.261. The minimum atomic E-state index is -0.0476. The summed E-state index contributed by atoms with van der Waals surface area (Å²) < 4.78 is 7.86. The third-order valence-corrected chi connectivity index (χ3v) is 4.00. The first-order valence-electron chi connectivity index (χ1n) is 8.08. The first-order chi connectivity index (χ1) is 11.3. The van der Waals surface area contributed by atoms with E-state index in [4.69, 9.17) is 4.74 Å². The number of aliphatic hydroxyl groups is 1. The second-order valence-electron chi connectivity index (χ2n) is 5.53. The van der Waals surface area contributed by atoms with Crippen molar-refractivity contribution in [1.29, 1.82) is 0 Å². The van der Waals surface area contributed by atoms with Crippen LogP contribution in [0, 0.1) is 0 Å². The maximum atomic E-state index is 9.49. The number of benzene rings is 2. The van der Waals surface area contributed by atoms with Crippen LogP contribution in [0.25, 0.3) is 11.0 Å². The Balaban J connectivity index is 1.60. The lowest BCUT2D eigenvalue weighted by atomic mass is 10.2. The smallest absolute Gasteiger partial charge is 0.135 e. The van der Waals surface area contributed by atoms with Crippen LogP contribution in [0.15, 0.2) is 48.5 Å². The van der Waals surface area contributed by atoms with Gasteiger partial charge in [-0.3, -0.25) is 0 Å². The second kappa shape index (κ2) is 7.29. The van der Waals surface area contributed by atoms with Gasteiger partial charge < -0.3 is 14.4 Å². The van der Waals surface area contributed by atoms with Crippen LogP contribution in [0.5, 0.6) is 5.75 Å². The van der Waals surface area contributed by atoms with Crippen LogP contribution in [-0.2, 0) is 19.6 Å². The van der Waals surface area contributed by atoms with E-state index in [1.807, 2.05) is 36.4 Å². The fraction of sp³-hybridized carbons (Fsp3) is 0.316.